The quantitative estimate of drug-likeness (QED) is 0.653. The number of sulfonamides is 1. The molecule has 12 heavy (non-hydrogen) atoms. The minimum atomic E-state index is -3.21. The van der Waals surface area contributed by atoms with Crippen LogP contribution in [0.3, 0.4) is 0 Å². The molecule has 0 saturated carbocycles. The van der Waals surface area contributed by atoms with Crippen molar-refractivity contribution in [3.8, 4) is 0 Å². The molecule has 0 bridgehead atoms. The van der Waals surface area contributed by atoms with Gasteiger partial charge in [0.15, 0.2) is 0 Å². The molecule has 1 atom stereocenters. The van der Waals surface area contributed by atoms with Crippen LogP contribution in [0.1, 0.15) is 27.2 Å². The number of rotatable bonds is 5. The van der Waals surface area contributed by atoms with E-state index in [-0.39, 0.29) is 12.4 Å². The smallest absolute Gasteiger partial charge is 0.211 e. The van der Waals surface area contributed by atoms with Gasteiger partial charge in [0.1, 0.15) is 0 Å². The van der Waals surface area contributed by atoms with Gasteiger partial charge >= 0.3 is 0 Å². The normalized spacial score (nSPS) is 17.3. The molecule has 0 spiro atoms. The number of aliphatic hydroxyl groups is 1. The van der Waals surface area contributed by atoms with E-state index in [0.717, 1.165) is 0 Å². The molecule has 0 fully saturated rings. The highest BCUT2D eigenvalue weighted by Gasteiger charge is 2.25. The average Bonchev–Trinajstić information content (AvgIpc) is 2.04. The zero-order chi connectivity index (χ0) is 9.83. The topological polar surface area (TPSA) is 66.4 Å². The van der Waals surface area contributed by atoms with Gasteiger partial charge in [0.05, 0.1) is 17.9 Å². The summed E-state index contributed by atoms with van der Waals surface area (Å²) in [5, 5.41) is 8.92. The Kier molecular flexibility index (Phi) is 4.16. The lowest BCUT2D eigenvalue weighted by molar-refractivity contribution is 0.191. The third kappa shape index (κ3) is 3.51. The summed E-state index contributed by atoms with van der Waals surface area (Å²) in [6.45, 7) is 4.90. The summed E-state index contributed by atoms with van der Waals surface area (Å²) >= 11 is 0. The first-order valence-corrected chi connectivity index (χ1v) is 5.67. The Bertz CT molecular complexity index is 219. The van der Waals surface area contributed by atoms with E-state index < -0.39 is 15.6 Å². The zero-order valence-electron chi connectivity index (χ0n) is 7.79. The Hall–Kier alpha value is -0.130. The zero-order valence-corrected chi connectivity index (χ0v) is 8.61. The van der Waals surface area contributed by atoms with Crippen LogP contribution in [0.4, 0.5) is 0 Å². The van der Waals surface area contributed by atoms with Crippen molar-refractivity contribution in [1.82, 2.24) is 4.72 Å². The number of aliphatic hydroxyl groups excluding tert-OH is 1. The summed E-state index contributed by atoms with van der Waals surface area (Å²) < 4.78 is 24.7. The predicted molar refractivity (Wildman–Crippen MR) is 48.4 cm³/mol. The molecule has 0 aliphatic carbocycles. The summed E-state index contributed by atoms with van der Waals surface area (Å²) in [5.74, 6) is 0.0442. The molecule has 0 aromatic carbocycles. The summed E-state index contributed by atoms with van der Waals surface area (Å²) in [6, 6.07) is 0. The summed E-state index contributed by atoms with van der Waals surface area (Å²) in [7, 11) is -3.21. The first-order valence-electron chi connectivity index (χ1n) is 4.01. The van der Waals surface area contributed by atoms with Gasteiger partial charge < -0.3 is 5.11 Å². The van der Waals surface area contributed by atoms with E-state index in [2.05, 4.69) is 4.72 Å². The molecule has 0 rings (SSSR count). The van der Waals surface area contributed by atoms with E-state index in [0.29, 0.717) is 6.42 Å². The van der Waals surface area contributed by atoms with E-state index in [9.17, 15) is 8.42 Å². The molecule has 2 N–H and O–H groups in total. The van der Waals surface area contributed by atoms with E-state index >= 15 is 0 Å². The van der Waals surface area contributed by atoms with Crippen LogP contribution < -0.4 is 4.72 Å². The van der Waals surface area contributed by atoms with Crippen molar-refractivity contribution in [3.63, 3.8) is 0 Å². The van der Waals surface area contributed by atoms with Crippen LogP contribution in [0, 0.1) is 0 Å². The van der Waals surface area contributed by atoms with Crippen LogP contribution in [0.25, 0.3) is 0 Å². The van der Waals surface area contributed by atoms with Crippen molar-refractivity contribution >= 4 is 10.0 Å². The van der Waals surface area contributed by atoms with Crippen molar-refractivity contribution in [2.45, 2.75) is 32.7 Å². The van der Waals surface area contributed by atoms with Crippen molar-refractivity contribution in [1.29, 1.82) is 0 Å². The van der Waals surface area contributed by atoms with Crippen LogP contribution in [0.15, 0.2) is 0 Å². The standard InChI is InChI=1S/C7H17NO3S/c1-4-7(3,6-9)8-12(10,11)5-2/h8-9H,4-6H2,1-3H3. The second-order valence-corrected chi connectivity index (χ2v) is 5.09. The molecule has 1 unspecified atom stereocenters. The van der Waals surface area contributed by atoms with Crippen molar-refractivity contribution in [2.75, 3.05) is 12.4 Å². The Labute approximate surface area is 74.0 Å². The molecule has 4 nitrogen and oxygen atoms in total. The van der Waals surface area contributed by atoms with E-state index in [4.69, 9.17) is 5.11 Å². The average molecular weight is 195 g/mol. The largest absolute Gasteiger partial charge is 0.394 e. The van der Waals surface area contributed by atoms with Gasteiger partial charge in [-0.1, -0.05) is 6.92 Å². The molecule has 0 heterocycles. The molecule has 0 aliphatic heterocycles. The van der Waals surface area contributed by atoms with Crippen LogP contribution in [-0.4, -0.2) is 31.4 Å². The highest BCUT2D eigenvalue weighted by Crippen LogP contribution is 2.09. The van der Waals surface area contributed by atoms with Gasteiger partial charge in [0, 0.05) is 0 Å². The predicted octanol–water partition coefficient (Wildman–Crippen LogP) is 0.0867. The maximum absolute atomic E-state index is 11.1. The molecule has 0 saturated heterocycles. The van der Waals surface area contributed by atoms with E-state index in [1.165, 1.54) is 0 Å². The molecule has 0 aliphatic rings. The van der Waals surface area contributed by atoms with Gasteiger partial charge in [-0.05, 0) is 20.3 Å². The third-order valence-corrected chi connectivity index (χ3v) is 3.48. The van der Waals surface area contributed by atoms with Crippen LogP contribution in [0.2, 0.25) is 0 Å². The summed E-state index contributed by atoms with van der Waals surface area (Å²) in [4.78, 5) is 0. The van der Waals surface area contributed by atoms with Gasteiger partial charge in [0.2, 0.25) is 10.0 Å². The van der Waals surface area contributed by atoms with Crippen molar-refractivity contribution in [2.24, 2.45) is 0 Å². The maximum Gasteiger partial charge on any atom is 0.211 e. The van der Waals surface area contributed by atoms with Crippen LogP contribution in [-0.2, 0) is 10.0 Å². The van der Waals surface area contributed by atoms with Crippen molar-refractivity contribution < 1.29 is 13.5 Å². The van der Waals surface area contributed by atoms with Gasteiger partial charge in [-0.25, -0.2) is 13.1 Å². The monoisotopic (exact) mass is 195 g/mol. The fraction of sp³-hybridized carbons (Fsp3) is 1.00. The molecule has 5 heteroatoms. The first kappa shape index (κ1) is 11.9. The molecular weight excluding hydrogens is 178 g/mol. The van der Waals surface area contributed by atoms with Gasteiger partial charge in [-0.15, -0.1) is 0 Å². The summed E-state index contributed by atoms with van der Waals surface area (Å²) in [5.41, 5.74) is -0.713. The number of hydrogen-bond donors (Lipinski definition) is 2. The second kappa shape index (κ2) is 4.20. The lowest BCUT2D eigenvalue weighted by Gasteiger charge is -2.26. The van der Waals surface area contributed by atoms with Gasteiger partial charge in [0.25, 0.3) is 0 Å². The van der Waals surface area contributed by atoms with Gasteiger partial charge in [-0.3, -0.25) is 0 Å². The number of nitrogens with one attached hydrogen (secondary N) is 1. The molecule has 0 aromatic rings. The highest BCUT2D eigenvalue weighted by molar-refractivity contribution is 7.89. The molecule has 74 valence electrons. The second-order valence-electron chi connectivity index (χ2n) is 3.08. The fourth-order valence-electron chi connectivity index (χ4n) is 0.664. The Morgan fingerprint density at radius 1 is 1.42 bits per heavy atom. The molecule has 0 aromatic heterocycles. The summed E-state index contributed by atoms with van der Waals surface area (Å²) in [6.07, 6.45) is 0.572. The van der Waals surface area contributed by atoms with Crippen LogP contribution >= 0.6 is 0 Å². The molecular formula is C7H17NO3S. The fourth-order valence-corrected chi connectivity index (χ4v) is 1.77. The van der Waals surface area contributed by atoms with Crippen LogP contribution in [0.5, 0.6) is 0 Å². The van der Waals surface area contributed by atoms with E-state index in [1.807, 2.05) is 6.92 Å². The maximum atomic E-state index is 11.1. The van der Waals surface area contributed by atoms with Gasteiger partial charge in [-0.2, -0.15) is 0 Å². The molecule has 0 radical (unpaired) electrons. The van der Waals surface area contributed by atoms with E-state index in [1.54, 1.807) is 13.8 Å². The number of hydrogen-bond acceptors (Lipinski definition) is 3. The lowest BCUT2D eigenvalue weighted by Crippen LogP contribution is -2.48. The minimum absolute atomic E-state index is 0.0442. The highest BCUT2D eigenvalue weighted by atomic mass is 32.2. The Balaban J connectivity index is 4.42. The third-order valence-electron chi connectivity index (χ3n) is 1.91. The molecule has 0 amide bonds. The minimum Gasteiger partial charge on any atom is -0.394 e. The Morgan fingerprint density at radius 3 is 2.17 bits per heavy atom. The Morgan fingerprint density at radius 2 is 1.92 bits per heavy atom. The lowest BCUT2D eigenvalue weighted by atomic mass is 10.0. The first-order chi connectivity index (χ1) is 5.39. The SMILES string of the molecule is CCC(C)(CO)NS(=O)(=O)CC. The van der Waals surface area contributed by atoms with Crippen molar-refractivity contribution in [3.05, 3.63) is 0 Å².